The molecule has 9 heteroatoms. The van der Waals surface area contributed by atoms with E-state index in [0.717, 1.165) is 6.54 Å². The highest BCUT2D eigenvalue weighted by atomic mass is 16.6. The molecule has 9 nitrogen and oxygen atoms in total. The van der Waals surface area contributed by atoms with Gasteiger partial charge in [-0.2, -0.15) is 0 Å². The number of ketones is 1. The molecule has 2 aliphatic rings. The maximum Gasteiger partial charge on any atom is 0.295 e. The van der Waals surface area contributed by atoms with Gasteiger partial charge in [-0.05, 0) is 69.9 Å². The van der Waals surface area contributed by atoms with E-state index in [1.807, 2.05) is 19.0 Å². The second-order valence-corrected chi connectivity index (χ2v) is 8.67. The van der Waals surface area contributed by atoms with Crippen molar-refractivity contribution in [1.29, 1.82) is 0 Å². The molecule has 1 amide bonds. The monoisotopic (exact) mass is 482 g/mol. The first-order chi connectivity index (χ1) is 16.8. The van der Waals surface area contributed by atoms with Crippen molar-refractivity contribution in [3.63, 3.8) is 0 Å². The van der Waals surface area contributed by atoms with Crippen LogP contribution in [-0.4, -0.2) is 78.7 Å². The number of nitrogens with zero attached hydrogens (tertiary/aromatic N) is 2. The third-order valence-corrected chi connectivity index (χ3v) is 5.96. The second-order valence-electron chi connectivity index (χ2n) is 8.67. The lowest BCUT2D eigenvalue weighted by Gasteiger charge is -2.26. The number of Topliss-reactive ketones (excluding diaryl/α,β-unsaturated/α-hetero) is 1. The van der Waals surface area contributed by atoms with Crippen molar-refractivity contribution in [2.24, 2.45) is 0 Å². The average Bonchev–Trinajstić information content (AvgIpc) is 3.09. The van der Waals surface area contributed by atoms with Crippen LogP contribution in [0.2, 0.25) is 0 Å². The zero-order chi connectivity index (χ0) is 25.1. The van der Waals surface area contributed by atoms with Gasteiger partial charge in [0.2, 0.25) is 0 Å². The largest absolute Gasteiger partial charge is 0.507 e. The number of carbonyl (C=O) groups is 2. The van der Waals surface area contributed by atoms with Crippen LogP contribution in [0.1, 0.15) is 30.5 Å². The Labute approximate surface area is 204 Å². The fraction of sp³-hybridized carbons (Fsp3) is 0.385. The van der Waals surface area contributed by atoms with Crippen LogP contribution in [0.5, 0.6) is 23.0 Å². The lowest BCUT2D eigenvalue weighted by molar-refractivity contribution is -0.139. The lowest BCUT2D eigenvalue weighted by atomic mass is 9.94. The Balaban J connectivity index is 1.81. The highest BCUT2D eigenvalue weighted by Gasteiger charge is 2.46. The van der Waals surface area contributed by atoms with E-state index >= 15 is 0 Å². The molecule has 1 fully saturated rings. The predicted molar refractivity (Wildman–Crippen MR) is 129 cm³/mol. The van der Waals surface area contributed by atoms with E-state index in [1.165, 1.54) is 11.0 Å². The molecule has 1 saturated heterocycles. The molecule has 0 aliphatic carbocycles. The van der Waals surface area contributed by atoms with Crippen molar-refractivity contribution >= 4 is 17.4 Å². The van der Waals surface area contributed by atoms with Gasteiger partial charge in [0.15, 0.2) is 23.0 Å². The maximum atomic E-state index is 13.2. The summed E-state index contributed by atoms with van der Waals surface area (Å²) in [6, 6.07) is 8.75. The fourth-order valence-electron chi connectivity index (χ4n) is 4.33. The van der Waals surface area contributed by atoms with Gasteiger partial charge >= 0.3 is 0 Å². The molecule has 2 heterocycles. The quantitative estimate of drug-likeness (QED) is 0.336. The number of fused-ring (bicyclic) bond motifs is 1. The van der Waals surface area contributed by atoms with Crippen molar-refractivity contribution in [2.75, 3.05) is 47.0 Å². The Bertz CT molecular complexity index is 1160. The van der Waals surface area contributed by atoms with Crippen molar-refractivity contribution in [2.45, 2.75) is 19.4 Å². The molecular weight excluding hydrogens is 452 g/mol. The standard InChI is InChI=1S/C26H30N2O7/c1-4-33-20-14-16(6-8-18(20)29)23-22(25(31)26(32)28(23)11-5-10-27(2)3)24(30)17-7-9-19-21(15-17)35-13-12-34-19/h6-9,14-15,23,29-30H,4-5,10-13H2,1-3H3/b24-22+. The summed E-state index contributed by atoms with van der Waals surface area (Å²) in [5.74, 6) is -0.549. The number of aliphatic hydroxyl groups is 1. The van der Waals surface area contributed by atoms with Crippen LogP contribution in [0.3, 0.4) is 0 Å². The van der Waals surface area contributed by atoms with E-state index in [-0.39, 0.29) is 22.8 Å². The normalized spacial score (nSPS) is 18.9. The third-order valence-electron chi connectivity index (χ3n) is 5.96. The Morgan fingerprint density at radius 3 is 2.57 bits per heavy atom. The number of hydrogen-bond acceptors (Lipinski definition) is 8. The number of benzene rings is 2. The number of phenolic OH excluding ortho intramolecular Hbond substituents is 1. The number of amides is 1. The summed E-state index contributed by atoms with van der Waals surface area (Å²) in [6.45, 7) is 3.97. The molecule has 186 valence electrons. The Morgan fingerprint density at radius 1 is 1.11 bits per heavy atom. The fourth-order valence-corrected chi connectivity index (χ4v) is 4.33. The molecule has 2 aromatic rings. The minimum atomic E-state index is -0.842. The number of carbonyl (C=O) groups excluding carboxylic acids is 2. The summed E-state index contributed by atoms with van der Waals surface area (Å²) in [5, 5.41) is 21.5. The van der Waals surface area contributed by atoms with Crippen molar-refractivity contribution < 1.29 is 34.0 Å². The molecule has 1 unspecified atom stereocenters. The van der Waals surface area contributed by atoms with Gasteiger partial charge in [-0.1, -0.05) is 6.07 Å². The number of aromatic hydroxyl groups is 1. The van der Waals surface area contributed by atoms with Gasteiger partial charge in [0.1, 0.15) is 19.0 Å². The first kappa shape index (κ1) is 24.4. The second kappa shape index (κ2) is 10.3. The molecule has 0 spiro atoms. The molecule has 2 N–H and O–H groups in total. The molecular formula is C26H30N2O7. The van der Waals surface area contributed by atoms with Gasteiger partial charge in [-0.15, -0.1) is 0 Å². The maximum absolute atomic E-state index is 13.2. The number of likely N-dealkylation sites (tertiary alicyclic amines) is 1. The molecule has 2 aromatic carbocycles. The van der Waals surface area contributed by atoms with Crippen LogP contribution in [0.25, 0.3) is 5.76 Å². The molecule has 35 heavy (non-hydrogen) atoms. The third kappa shape index (κ3) is 4.90. The van der Waals surface area contributed by atoms with E-state index in [0.29, 0.717) is 55.4 Å². The average molecular weight is 483 g/mol. The van der Waals surface area contributed by atoms with Gasteiger partial charge in [0, 0.05) is 12.1 Å². The molecule has 0 bridgehead atoms. The van der Waals surface area contributed by atoms with E-state index in [9.17, 15) is 19.8 Å². The number of aliphatic hydroxyl groups excluding tert-OH is 1. The summed E-state index contributed by atoms with van der Waals surface area (Å²) < 4.78 is 16.7. The summed E-state index contributed by atoms with van der Waals surface area (Å²) in [6.07, 6.45) is 0.636. The van der Waals surface area contributed by atoms with E-state index in [4.69, 9.17) is 14.2 Å². The van der Waals surface area contributed by atoms with E-state index in [1.54, 1.807) is 37.3 Å². The van der Waals surface area contributed by atoms with Crippen LogP contribution in [-0.2, 0) is 9.59 Å². The van der Waals surface area contributed by atoms with Gasteiger partial charge < -0.3 is 34.2 Å². The topological polar surface area (TPSA) is 109 Å². The number of ether oxygens (including phenoxy) is 3. The van der Waals surface area contributed by atoms with Gasteiger partial charge in [-0.3, -0.25) is 9.59 Å². The highest BCUT2D eigenvalue weighted by Crippen LogP contribution is 2.43. The summed E-state index contributed by atoms with van der Waals surface area (Å²) in [7, 11) is 3.86. The molecule has 0 saturated carbocycles. The smallest absolute Gasteiger partial charge is 0.295 e. The van der Waals surface area contributed by atoms with E-state index in [2.05, 4.69) is 0 Å². The molecule has 4 rings (SSSR count). The first-order valence-corrected chi connectivity index (χ1v) is 11.6. The number of hydrogen-bond donors (Lipinski definition) is 2. The van der Waals surface area contributed by atoms with Crippen LogP contribution in [0, 0.1) is 0 Å². The Morgan fingerprint density at radius 2 is 1.86 bits per heavy atom. The van der Waals surface area contributed by atoms with Crippen LogP contribution < -0.4 is 14.2 Å². The minimum Gasteiger partial charge on any atom is -0.507 e. The Kier molecular flexibility index (Phi) is 7.16. The molecule has 1 atom stereocenters. The van der Waals surface area contributed by atoms with Gasteiger partial charge in [0.25, 0.3) is 11.7 Å². The SMILES string of the molecule is CCOc1cc(C2/C(=C(\O)c3ccc4c(c3)OCCO4)C(=O)C(=O)N2CCCN(C)C)ccc1O. The highest BCUT2D eigenvalue weighted by molar-refractivity contribution is 6.46. The molecule has 0 aromatic heterocycles. The zero-order valence-electron chi connectivity index (χ0n) is 20.1. The number of rotatable bonds is 8. The Hall–Kier alpha value is -3.72. The van der Waals surface area contributed by atoms with Gasteiger partial charge in [0.05, 0.1) is 18.2 Å². The lowest BCUT2D eigenvalue weighted by Crippen LogP contribution is -2.32. The van der Waals surface area contributed by atoms with Crippen molar-refractivity contribution in [3.8, 4) is 23.0 Å². The minimum absolute atomic E-state index is 0.0235. The summed E-state index contributed by atoms with van der Waals surface area (Å²) in [5.41, 5.74) is 0.869. The van der Waals surface area contributed by atoms with E-state index < -0.39 is 17.7 Å². The zero-order valence-corrected chi connectivity index (χ0v) is 20.1. The summed E-state index contributed by atoms with van der Waals surface area (Å²) >= 11 is 0. The van der Waals surface area contributed by atoms with Gasteiger partial charge in [-0.25, -0.2) is 0 Å². The summed E-state index contributed by atoms with van der Waals surface area (Å²) in [4.78, 5) is 29.8. The molecule has 2 aliphatic heterocycles. The van der Waals surface area contributed by atoms with Crippen LogP contribution in [0.4, 0.5) is 0 Å². The first-order valence-electron chi connectivity index (χ1n) is 11.6. The number of phenols is 1. The van der Waals surface area contributed by atoms with Crippen LogP contribution in [0.15, 0.2) is 42.0 Å². The van der Waals surface area contributed by atoms with Crippen molar-refractivity contribution in [1.82, 2.24) is 9.80 Å². The predicted octanol–water partition coefficient (Wildman–Crippen LogP) is 2.94. The molecule has 0 radical (unpaired) electrons. The van der Waals surface area contributed by atoms with Crippen molar-refractivity contribution in [3.05, 3.63) is 53.1 Å². The van der Waals surface area contributed by atoms with Crippen LogP contribution >= 0.6 is 0 Å².